The third-order valence-electron chi connectivity index (χ3n) is 1.87. The van der Waals surface area contributed by atoms with Crippen LogP contribution in [0.4, 0.5) is 0 Å². The van der Waals surface area contributed by atoms with Crippen LogP contribution in [0.2, 0.25) is 0 Å². The van der Waals surface area contributed by atoms with Crippen LogP contribution >= 0.6 is 27.3 Å². The maximum atomic E-state index is 10.8. The van der Waals surface area contributed by atoms with Crippen LogP contribution < -0.4 is 10.0 Å². The van der Waals surface area contributed by atoms with Crippen molar-refractivity contribution in [2.24, 2.45) is 0 Å². The molecule has 0 aliphatic rings. The third kappa shape index (κ3) is 5.40. The summed E-state index contributed by atoms with van der Waals surface area (Å²) in [6.45, 7) is 3.87. The normalized spacial score (nSPS) is 11.9. The first-order chi connectivity index (χ1) is 7.38. The molecule has 0 unspecified atom stereocenters. The molecule has 0 atom stereocenters. The van der Waals surface area contributed by atoms with E-state index in [0.717, 1.165) is 17.3 Å². The zero-order valence-electron chi connectivity index (χ0n) is 9.21. The molecular weight excluding hydrogens is 312 g/mol. The summed E-state index contributed by atoms with van der Waals surface area (Å²) < 4.78 is 25.1. The van der Waals surface area contributed by atoms with Gasteiger partial charge in [0.15, 0.2) is 0 Å². The summed E-state index contributed by atoms with van der Waals surface area (Å²) in [4.78, 5) is 2.50. The van der Waals surface area contributed by atoms with Gasteiger partial charge in [-0.05, 0) is 28.9 Å². The second-order valence-electron chi connectivity index (χ2n) is 3.46. The Balaban J connectivity index is 2.21. The Hall–Kier alpha value is 0.0500. The molecule has 0 saturated carbocycles. The van der Waals surface area contributed by atoms with E-state index in [2.05, 4.69) is 39.0 Å². The molecule has 7 heteroatoms. The van der Waals surface area contributed by atoms with E-state index in [0.29, 0.717) is 13.1 Å². The lowest BCUT2D eigenvalue weighted by atomic mass is 10.4. The highest BCUT2D eigenvalue weighted by atomic mass is 79.9. The molecule has 4 nitrogen and oxygen atoms in total. The average Bonchev–Trinajstić information content (AvgIpc) is 2.44. The van der Waals surface area contributed by atoms with Gasteiger partial charge in [0.05, 0.1) is 6.26 Å². The molecule has 0 spiro atoms. The van der Waals surface area contributed by atoms with Crippen LogP contribution in [0.25, 0.3) is 0 Å². The fourth-order valence-electron chi connectivity index (χ4n) is 1.14. The van der Waals surface area contributed by atoms with Crippen molar-refractivity contribution in [1.29, 1.82) is 0 Å². The minimum atomic E-state index is -3.07. The molecule has 1 aromatic heterocycles. The summed E-state index contributed by atoms with van der Waals surface area (Å²) in [5.41, 5.74) is 0. The second kappa shape index (κ2) is 6.11. The monoisotopic (exact) mass is 326 g/mol. The van der Waals surface area contributed by atoms with Crippen molar-refractivity contribution >= 4 is 37.3 Å². The van der Waals surface area contributed by atoms with Gasteiger partial charge in [0, 0.05) is 33.9 Å². The van der Waals surface area contributed by atoms with E-state index >= 15 is 0 Å². The second-order valence-corrected chi connectivity index (χ2v) is 7.49. The average molecular weight is 327 g/mol. The van der Waals surface area contributed by atoms with E-state index in [1.807, 2.05) is 0 Å². The Kier molecular flexibility index (Phi) is 5.39. The largest absolute Gasteiger partial charge is 0.311 e. The molecule has 2 N–H and O–H groups in total. The van der Waals surface area contributed by atoms with Crippen LogP contribution in [0.5, 0.6) is 0 Å². The minimum Gasteiger partial charge on any atom is -0.311 e. The van der Waals surface area contributed by atoms with Gasteiger partial charge in [0.25, 0.3) is 0 Å². The van der Waals surface area contributed by atoms with Crippen LogP contribution in [-0.4, -0.2) is 27.8 Å². The zero-order valence-corrected chi connectivity index (χ0v) is 12.4. The first-order valence-corrected chi connectivity index (χ1v) is 8.29. The highest BCUT2D eigenvalue weighted by Crippen LogP contribution is 2.25. The van der Waals surface area contributed by atoms with Crippen molar-refractivity contribution in [2.45, 2.75) is 13.5 Å². The molecule has 1 rings (SSSR count). The van der Waals surface area contributed by atoms with Gasteiger partial charge in [0.1, 0.15) is 0 Å². The number of hydrogen-bond acceptors (Lipinski definition) is 4. The Morgan fingerprint density at radius 2 is 2.12 bits per heavy atom. The van der Waals surface area contributed by atoms with E-state index in [4.69, 9.17) is 0 Å². The predicted octanol–water partition coefficient (Wildman–Crippen LogP) is 1.46. The molecule has 0 aliphatic heterocycles. The summed E-state index contributed by atoms with van der Waals surface area (Å²) in [6, 6.07) is 2.08. The highest BCUT2D eigenvalue weighted by molar-refractivity contribution is 9.10. The van der Waals surface area contributed by atoms with Gasteiger partial charge in [-0.1, -0.05) is 0 Å². The fourth-order valence-corrected chi connectivity index (χ4v) is 3.19. The quantitative estimate of drug-likeness (QED) is 0.778. The van der Waals surface area contributed by atoms with Gasteiger partial charge in [-0.2, -0.15) is 0 Å². The number of halogens is 1. The van der Waals surface area contributed by atoms with Crippen molar-refractivity contribution in [3.63, 3.8) is 0 Å². The fraction of sp³-hybridized carbons (Fsp3) is 0.556. The molecule has 92 valence electrons. The first kappa shape index (κ1) is 14.1. The Bertz CT molecular complexity index is 423. The lowest BCUT2D eigenvalue weighted by Gasteiger charge is -2.03. The number of nitrogens with one attached hydrogen (secondary N) is 2. The molecule has 16 heavy (non-hydrogen) atoms. The molecule has 0 fully saturated rings. The summed E-state index contributed by atoms with van der Waals surface area (Å²) >= 11 is 5.19. The van der Waals surface area contributed by atoms with Gasteiger partial charge >= 0.3 is 0 Å². The molecule has 0 amide bonds. The van der Waals surface area contributed by atoms with E-state index in [1.165, 1.54) is 9.75 Å². The van der Waals surface area contributed by atoms with E-state index < -0.39 is 10.0 Å². The number of sulfonamides is 1. The molecule has 0 aromatic carbocycles. The van der Waals surface area contributed by atoms with Crippen LogP contribution in [0.1, 0.15) is 9.75 Å². The van der Waals surface area contributed by atoms with E-state index in [-0.39, 0.29) is 0 Å². The zero-order chi connectivity index (χ0) is 12.2. The minimum absolute atomic E-state index is 0.421. The van der Waals surface area contributed by atoms with Gasteiger partial charge in [-0.25, -0.2) is 13.1 Å². The smallest absolute Gasteiger partial charge is 0.208 e. The van der Waals surface area contributed by atoms with Gasteiger partial charge in [-0.3, -0.25) is 0 Å². The number of aryl methyl sites for hydroxylation is 1. The highest BCUT2D eigenvalue weighted by Gasteiger charge is 2.02. The molecule has 1 heterocycles. The Labute approximate surface area is 109 Å². The lowest BCUT2D eigenvalue weighted by Crippen LogP contribution is -2.30. The van der Waals surface area contributed by atoms with Gasteiger partial charge in [-0.15, -0.1) is 11.3 Å². The summed E-state index contributed by atoms with van der Waals surface area (Å²) in [5, 5.41) is 3.18. The standard InChI is InChI=1S/C9H15BrN2O2S2/c1-7-9(10)5-8(15-7)6-11-3-4-12-16(2,13)14/h5,11-12H,3-4,6H2,1-2H3. The molecule has 1 aromatic rings. The van der Waals surface area contributed by atoms with Crippen LogP contribution in [-0.2, 0) is 16.6 Å². The molecule has 0 radical (unpaired) electrons. The number of rotatable bonds is 6. The number of thiophene rings is 1. The van der Waals surface area contributed by atoms with Crippen molar-refractivity contribution in [3.8, 4) is 0 Å². The van der Waals surface area contributed by atoms with Gasteiger partial charge < -0.3 is 5.32 Å². The third-order valence-corrected chi connectivity index (χ3v) is 4.74. The maximum absolute atomic E-state index is 10.8. The topological polar surface area (TPSA) is 58.2 Å². The Morgan fingerprint density at radius 3 is 2.62 bits per heavy atom. The predicted molar refractivity (Wildman–Crippen MR) is 71.3 cm³/mol. The summed E-state index contributed by atoms with van der Waals surface area (Å²) in [7, 11) is -3.07. The van der Waals surface area contributed by atoms with Crippen LogP contribution in [0, 0.1) is 6.92 Å². The van der Waals surface area contributed by atoms with Crippen LogP contribution in [0.15, 0.2) is 10.5 Å². The first-order valence-electron chi connectivity index (χ1n) is 4.78. The van der Waals surface area contributed by atoms with Crippen molar-refractivity contribution in [1.82, 2.24) is 10.0 Å². The summed E-state index contributed by atoms with van der Waals surface area (Å²) in [6.07, 6.45) is 1.16. The molecule has 0 saturated heterocycles. The molecular formula is C9H15BrN2O2S2. The summed E-state index contributed by atoms with van der Waals surface area (Å²) in [5.74, 6) is 0. The SMILES string of the molecule is Cc1sc(CNCCNS(C)(=O)=O)cc1Br. The number of hydrogen-bond donors (Lipinski definition) is 2. The van der Waals surface area contributed by atoms with E-state index in [9.17, 15) is 8.42 Å². The molecule has 0 aliphatic carbocycles. The van der Waals surface area contributed by atoms with Crippen molar-refractivity contribution in [3.05, 3.63) is 20.3 Å². The molecule has 0 bridgehead atoms. The van der Waals surface area contributed by atoms with Crippen molar-refractivity contribution in [2.75, 3.05) is 19.3 Å². The van der Waals surface area contributed by atoms with Gasteiger partial charge in [0.2, 0.25) is 10.0 Å². The lowest BCUT2D eigenvalue weighted by molar-refractivity contribution is 0.582. The Morgan fingerprint density at radius 1 is 1.44 bits per heavy atom. The maximum Gasteiger partial charge on any atom is 0.208 e. The van der Waals surface area contributed by atoms with Crippen molar-refractivity contribution < 1.29 is 8.42 Å². The van der Waals surface area contributed by atoms with Crippen LogP contribution in [0.3, 0.4) is 0 Å². The van der Waals surface area contributed by atoms with E-state index in [1.54, 1.807) is 11.3 Å².